The van der Waals surface area contributed by atoms with Crippen LogP contribution in [0.15, 0.2) is 12.3 Å². The molecule has 0 aromatic carbocycles. The second-order valence-electron chi connectivity index (χ2n) is 3.76. The standard InChI is InChI=1S/C9H14N2O5/c12-4-6-5(13)3-8(16-6)11-2-1-7(14)10-9(11)15/h1-2,5-6,8-9,12-13,15H,3-4H2,(H,10,14)/t5-,6+,8+,9?/m0/s1. The Hall–Kier alpha value is -1.15. The first-order valence-corrected chi connectivity index (χ1v) is 5.00. The van der Waals surface area contributed by atoms with Crippen LogP contribution in [0.3, 0.4) is 0 Å². The normalized spacial score (nSPS) is 38.9. The van der Waals surface area contributed by atoms with Gasteiger partial charge in [-0.25, -0.2) is 0 Å². The Kier molecular flexibility index (Phi) is 3.10. The molecular weight excluding hydrogens is 216 g/mol. The van der Waals surface area contributed by atoms with Crippen molar-refractivity contribution < 1.29 is 24.9 Å². The molecule has 2 heterocycles. The molecule has 16 heavy (non-hydrogen) atoms. The van der Waals surface area contributed by atoms with Crippen LogP contribution in [0.2, 0.25) is 0 Å². The first-order chi connectivity index (χ1) is 7.61. The highest BCUT2D eigenvalue weighted by molar-refractivity contribution is 5.88. The Morgan fingerprint density at radius 1 is 1.56 bits per heavy atom. The summed E-state index contributed by atoms with van der Waals surface area (Å²) in [5, 5.41) is 30.3. The summed E-state index contributed by atoms with van der Waals surface area (Å²) in [5.41, 5.74) is 0. The number of nitrogens with zero attached hydrogens (tertiary/aromatic N) is 1. The molecule has 2 rings (SSSR count). The van der Waals surface area contributed by atoms with E-state index in [-0.39, 0.29) is 18.9 Å². The average molecular weight is 230 g/mol. The van der Waals surface area contributed by atoms with E-state index in [4.69, 9.17) is 9.84 Å². The number of hydrogen-bond acceptors (Lipinski definition) is 6. The van der Waals surface area contributed by atoms with E-state index in [1.807, 2.05) is 0 Å². The molecule has 4 N–H and O–H groups in total. The van der Waals surface area contributed by atoms with Crippen LogP contribution >= 0.6 is 0 Å². The van der Waals surface area contributed by atoms with Crippen LogP contribution < -0.4 is 5.32 Å². The number of nitrogens with one attached hydrogen (secondary N) is 1. The van der Waals surface area contributed by atoms with Gasteiger partial charge in [0.2, 0.25) is 12.3 Å². The summed E-state index contributed by atoms with van der Waals surface area (Å²) in [6.07, 6.45) is -0.222. The quantitative estimate of drug-likeness (QED) is 0.424. The second kappa shape index (κ2) is 4.38. The fraction of sp³-hybridized carbons (Fsp3) is 0.667. The Bertz CT molecular complexity index is 308. The molecule has 1 amide bonds. The average Bonchev–Trinajstić information content (AvgIpc) is 2.59. The molecule has 0 radical (unpaired) electrons. The van der Waals surface area contributed by atoms with Crippen molar-refractivity contribution in [3.8, 4) is 0 Å². The molecule has 7 heteroatoms. The van der Waals surface area contributed by atoms with Crippen LogP contribution in [-0.4, -0.2) is 57.5 Å². The molecule has 0 bridgehead atoms. The minimum Gasteiger partial charge on any atom is -0.394 e. The molecule has 1 saturated heterocycles. The predicted molar refractivity (Wildman–Crippen MR) is 51.5 cm³/mol. The zero-order valence-electron chi connectivity index (χ0n) is 8.48. The van der Waals surface area contributed by atoms with E-state index >= 15 is 0 Å². The van der Waals surface area contributed by atoms with Crippen molar-refractivity contribution in [2.75, 3.05) is 6.61 Å². The van der Waals surface area contributed by atoms with Gasteiger partial charge in [-0.1, -0.05) is 0 Å². The van der Waals surface area contributed by atoms with Gasteiger partial charge in [-0.05, 0) is 0 Å². The molecule has 2 aliphatic rings. The number of aliphatic hydroxyl groups excluding tert-OH is 3. The Morgan fingerprint density at radius 2 is 2.31 bits per heavy atom. The van der Waals surface area contributed by atoms with Gasteiger partial charge in [0.15, 0.2) is 0 Å². The van der Waals surface area contributed by atoms with Crippen LogP contribution in [0.1, 0.15) is 6.42 Å². The van der Waals surface area contributed by atoms with Gasteiger partial charge in [0, 0.05) is 18.7 Å². The van der Waals surface area contributed by atoms with Crippen molar-refractivity contribution in [3.63, 3.8) is 0 Å². The number of rotatable bonds is 2. The van der Waals surface area contributed by atoms with Crippen LogP contribution in [0, 0.1) is 0 Å². The summed E-state index contributed by atoms with van der Waals surface area (Å²) in [7, 11) is 0. The van der Waals surface area contributed by atoms with Gasteiger partial charge >= 0.3 is 0 Å². The van der Waals surface area contributed by atoms with Crippen LogP contribution in [-0.2, 0) is 9.53 Å². The topological polar surface area (TPSA) is 102 Å². The van der Waals surface area contributed by atoms with E-state index in [2.05, 4.69) is 5.32 Å². The minimum absolute atomic E-state index is 0.266. The van der Waals surface area contributed by atoms with E-state index in [0.717, 1.165) is 0 Å². The van der Waals surface area contributed by atoms with Crippen molar-refractivity contribution in [3.05, 3.63) is 12.3 Å². The number of amides is 1. The van der Waals surface area contributed by atoms with Gasteiger partial charge in [0.25, 0.3) is 0 Å². The molecule has 0 saturated carbocycles. The van der Waals surface area contributed by atoms with Gasteiger partial charge < -0.3 is 30.3 Å². The number of carbonyl (C=O) groups excluding carboxylic acids is 1. The Labute approximate surface area is 91.9 Å². The summed E-state index contributed by atoms with van der Waals surface area (Å²) in [4.78, 5) is 12.3. The molecular formula is C9H14N2O5. The fourth-order valence-electron chi connectivity index (χ4n) is 1.80. The van der Waals surface area contributed by atoms with Crippen LogP contribution in [0.5, 0.6) is 0 Å². The largest absolute Gasteiger partial charge is 0.394 e. The fourth-order valence-corrected chi connectivity index (χ4v) is 1.80. The lowest BCUT2D eigenvalue weighted by atomic mass is 10.2. The summed E-state index contributed by atoms with van der Waals surface area (Å²) < 4.78 is 5.33. The smallest absolute Gasteiger partial charge is 0.248 e. The third-order valence-corrected chi connectivity index (χ3v) is 2.67. The zero-order chi connectivity index (χ0) is 11.7. The van der Waals surface area contributed by atoms with Gasteiger partial charge in [-0.3, -0.25) is 4.79 Å². The summed E-state index contributed by atoms with van der Waals surface area (Å²) >= 11 is 0. The SMILES string of the molecule is O=C1C=CN([C@H]2C[C@H](O)[C@@H](CO)O2)C(O)N1. The minimum atomic E-state index is -1.17. The van der Waals surface area contributed by atoms with Crippen molar-refractivity contribution in [1.29, 1.82) is 0 Å². The highest BCUT2D eigenvalue weighted by atomic mass is 16.5. The maximum atomic E-state index is 10.9. The maximum absolute atomic E-state index is 10.9. The highest BCUT2D eigenvalue weighted by Crippen LogP contribution is 2.24. The van der Waals surface area contributed by atoms with Crippen molar-refractivity contribution in [2.45, 2.75) is 31.2 Å². The van der Waals surface area contributed by atoms with Gasteiger partial charge in [0.05, 0.1) is 12.7 Å². The number of carbonyl (C=O) groups is 1. The van der Waals surface area contributed by atoms with Crippen molar-refractivity contribution in [2.24, 2.45) is 0 Å². The molecule has 90 valence electrons. The number of aliphatic hydroxyl groups is 3. The number of ether oxygens (including phenoxy) is 1. The van der Waals surface area contributed by atoms with Crippen molar-refractivity contribution >= 4 is 5.91 Å². The molecule has 0 aliphatic carbocycles. The first kappa shape index (κ1) is 11.3. The molecule has 2 aliphatic heterocycles. The van der Waals surface area contributed by atoms with Gasteiger partial charge in [-0.15, -0.1) is 0 Å². The van der Waals surface area contributed by atoms with E-state index in [1.165, 1.54) is 17.2 Å². The van der Waals surface area contributed by atoms with Crippen LogP contribution in [0.4, 0.5) is 0 Å². The summed E-state index contributed by atoms with van der Waals surface area (Å²) in [6.45, 7) is -0.280. The third kappa shape index (κ3) is 2.03. The van der Waals surface area contributed by atoms with E-state index < -0.39 is 24.8 Å². The van der Waals surface area contributed by atoms with Crippen LogP contribution in [0.25, 0.3) is 0 Å². The lowest BCUT2D eigenvalue weighted by molar-refractivity contribution is -0.142. The molecule has 7 nitrogen and oxygen atoms in total. The lowest BCUT2D eigenvalue weighted by Gasteiger charge is -2.33. The third-order valence-electron chi connectivity index (χ3n) is 2.67. The predicted octanol–water partition coefficient (Wildman–Crippen LogP) is -2.32. The molecule has 0 aromatic rings. The molecule has 1 fully saturated rings. The molecule has 4 atom stereocenters. The second-order valence-corrected chi connectivity index (χ2v) is 3.76. The molecule has 1 unspecified atom stereocenters. The zero-order valence-corrected chi connectivity index (χ0v) is 8.48. The highest BCUT2D eigenvalue weighted by Gasteiger charge is 2.38. The Balaban J connectivity index is 2.04. The first-order valence-electron chi connectivity index (χ1n) is 5.00. The van der Waals surface area contributed by atoms with E-state index in [1.54, 1.807) is 0 Å². The van der Waals surface area contributed by atoms with Gasteiger partial charge in [-0.2, -0.15) is 0 Å². The van der Waals surface area contributed by atoms with Gasteiger partial charge in [0.1, 0.15) is 12.3 Å². The summed E-state index contributed by atoms with van der Waals surface area (Å²) in [5.74, 6) is -0.388. The maximum Gasteiger partial charge on any atom is 0.248 e. The van der Waals surface area contributed by atoms with E-state index in [0.29, 0.717) is 0 Å². The lowest BCUT2D eigenvalue weighted by Crippen LogP contribution is -2.52. The molecule has 0 aromatic heterocycles. The Morgan fingerprint density at radius 3 is 2.88 bits per heavy atom. The molecule has 0 spiro atoms. The monoisotopic (exact) mass is 230 g/mol. The summed E-state index contributed by atoms with van der Waals surface area (Å²) in [6, 6.07) is 0. The van der Waals surface area contributed by atoms with E-state index in [9.17, 15) is 15.0 Å². The van der Waals surface area contributed by atoms with Crippen molar-refractivity contribution in [1.82, 2.24) is 10.2 Å². The number of hydrogen-bond donors (Lipinski definition) is 4.